The minimum Gasteiger partial charge on any atom is -0.497 e. The van der Waals surface area contributed by atoms with Crippen LogP contribution >= 0.6 is 11.8 Å². The van der Waals surface area contributed by atoms with Crippen molar-refractivity contribution in [3.63, 3.8) is 0 Å². The zero-order chi connectivity index (χ0) is 18.2. The fourth-order valence-corrected chi connectivity index (χ4v) is 3.19. The lowest BCUT2D eigenvalue weighted by atomic mass is 10.1. The molecule has 1 amide bonds. The molecule has 0 aliphatic rings. The molecule has 25 heavy (non-hydrogen) atoms. The van der Waals surface area contributed by atoms with E-state index in [1.807, 2.05) is 42.7 Å². The lowest BCUT2D eigenvalue weighted by molar-refractivity contribution is -0.120. The molecule has 0 spiro atoms. The molecular formula is C18H24N4O2S. The molecule has 1 atom stereocenters. The van der Waals surface area contributed by atoms with E-state index in [4.69, 9.17) is 4.74 Å². The van der Waals surface area contributed by atoms with E-state index in [9.17, 15) is 4.79 Å². The number of ether oxygens (including phenoxy) is 1. The van der Waals surface area contributed by atoms with E-state index in [0.717, 1.165) is 28.7 Å². The Hall–Kier alpha value is -2.28. The van der Waals surface area contributed by atoms with Gasteiger partial charge in [0, 0.05) is 13.1 Å². The third-order valence-corrected chi connectivity index (χ3v) is 4.82. The van der Waals surface area contributed by atoms with E-state index in [0.29, 0.717) is 13.1 Å². The first kappa shape index (κ1) is 19.1. The average molecular weight is 360 g/mol. The fraction of sp³-hybridized carbons (Fsp3) is 0.389. The Bertz CT molecular complexity index is 712. The highest BCUT2D eigenvalue weighted by atomic mass is 32.2. The maximum atomic E-state index is 12.3. The molecule has 0 saturated heterocycles. The molecule has 134 valence electrons. The molecule has 7 heteroatoms. The molecule has 1 N–H and O–H groups in total. The zero-order valence-corrected chi connectivity index (χ0v) is 15.7. The lowest BCUT2D eigenvalue weighted by Gasteiger charge is -2.12. The van der Waals surface area contributed by atoms with Gasteiger partial charge in [0.25, 0.3) is 0 Å². The van der Waals surface area contributed by atoms with Gasteiger partial charge in [0.2, 0.25) is 5.91 Å². The Labute approximate surface area is 152 Å². The number of hydrogen-bond acceptors (Lipinski definition) is 5. The van der Waals surface area contributed by atoms with Crippen LogP contribution in [-0.2, 0) is 17.8 Å². The fourth-order valence-electron chi connectivity index (χ4n) is 2.27. The van der Waals surface area contributed by atoms with Crippen molar-refractivity contribution < 1.29 is 9.53 Å². The Kier molecular flexibility index (Phi) is 7.06. The Balaban J connectivity index is 1.82. The topological polar surface area (TPSA) is 69.0 Å². The van der Waals surface area contributed by atoms with Crippen molar-refractivity contribution >= 4 is 17.7 Å². The molecule has 1 heterocycles. The molecular weight excluding hydrogens is 336 g/mol. The highest BCUT2D eigenvalue weighted by molar-refractivity contribution is 8.00. The summed E-state index contributed by atoms with van der Waals surface area (Å²) in [6.45, 7) is 8.72. The Morgan fingerprint density at radius 1 is 1.40 bits per heavy atom. The summed E-state index contributed by atoms with van der Waals surface area (Å²) in [6.07, 6.45) is 2.57. The summed E-state index contributed by atoms with van der Waals surface area (Å²) in [7, 11) is 1.64. The standard InChI is InChI=1S/C18H24N4O2S/c1-5-12-22-14(3)20-21-18(22)25-13(2)17(23)19-11-10-15-6-8-16(24-4)9-7-15/h5-9,13H,1,10-12H2,2-4H3,(H,19,23). The van der Waals surface area contributed by atoms with E-state index >= 15 is 0 Å². The molecule has 1 aromatic carbocycles. The van der Waals surface area contributed by atoms with Gasteiger partial charge in [-0.15, -0.1) is 16.8 Å². The second-order valence-corrected chi connectivity index (χ2v) is 6.89. The molecule has 2 rings (SSSR count). The molecule has 0 radical (unpaired) electrons. The summed E-state index contributed by atoms with van der Waals surface area (Å²) in [5.74, 6) is 1.63. The number of amides is 1. The number of thioether (sulfide) groups is 1. The SMILES string of the molecule is C=CCn1c(C)nnc1SC(C)C(=O)NCCc1ccc(OC)cc1. The summed E-state index contributed by atoms with van der Waals surface area (Å²) in [4.78, 5) is 12.3. The minimum atomic E-state index is -0.247. The van der Waals surface area contributed by atoms with Crippen molar-refractivity contribution in [1.82, 2.24) is 20.1 Å². The van der Waals surface area contributed by atoms with E-state index in [2.05, 4.69) is 22.1 Å². The quantitative estimate of drug-likeness (QED) is 0.550. The van der Waals surface area contributed by atoms with Gasteiger partial charge >= 0.3 is 0 Å². The summed E-state index contributed by atoms with van der Waals surface area (Å²) in [6, 6.07) is 7.85. The number of carbonyl (C=O) groups excluding carboxylic acids is 1. The first-order valence-corrected chi connectivity index (χ1v) is 9.01. The lowest BCUT2D eigenvalue weighted by Crippen LogP contribution is -2.32. The third-order valence-electron chi connectivity index (χ3n) is 3.74. The number of nitrogens with one attached hydrogen (secondary N) is 1. The van der Waals surface area contributed by atoms with Crippen molar-refractivity contribution in [1.29, 1.82) is 0 Å². The Morgan fingerprint density at radius 3 is 2.76 bits per heavy atom. The van der Waals surface area contributed by atoms with Crippen LogP contribution in [0.1, 0.15) is 18.3 Å². The molecule has 6 nitrogen and oxygen atoms in total. The molecule has 2 aromatic rings. The molecule has 1 aromatic heterocycles. The number of allylic oxidation sites excluding steroid dienone is 1. The van der Waals surface area contributed by atoms with Crippen LogP contribution in [0.15, 0.2) is 42.1 Å². The van der Waals surface area contributed by atoms with Crippen LogP contribution in [0.5, 0.6) is 5.75 Å². The molecule has 0 fully saturated rings. The number of methoxy groups -OCH3 is 1. The van der Waals surface area contributed by atoms with Crippen LogP contribution in [0.3, 0.4) is 0 Å². The van der Waals surface area contributed by atoms with Crippen LogP contribution in [-0.4, -0.2) is 39.6 Å². The summed E-state index contributed by atoms with van der Waals surface area (Å²) in [5, 5.41) is 11.7. The molecule has 0 aliphatic heterocycles. The number of carbonyl (C=O) groups is 1. The van der Waals surface area contributed by atoms with Crippen LogP contribution in [0.2, 0.25) is 0 Å². The molecule has 0 bridgehead atoms. The normalized spacial score (nSPS) is 11.8. The van der Waals surface area contributed by atoms with E-state index in [1.165, 1.54) is 11.8 Å². The summed E-state index contributed by atoms with van der Waals surface area (Å²) >= 11 is 1.40. The van der Waals surface area contributed by atoms with Gasteiger partial charge in [-0.1, -0.05) is 30.0 Å². The van der Waals surface area contributed by atoms with Gasteiger partial charge in [-0.2, -0.15) is 0 Å². The maximum absolute atomic E-state index is 12.3. The van der Waals surface area contributed by atoms with Crippen LogP contribution in [0.4, 0.5) is 0 Å². The van der Waals surface area contributed by atoms with E-state index < -0.39 is 0 Å². The van der Waals surface area contributed by atoms with E-state index in [-0.39, 0.29) is 11.2 Å². The van der Waals surface area contributed by atoms with Gasteiger partial charge < -0.3 is 14.6 Å². The zero-order valence-electron chi connectivity index (χ0n) is 14.9. The number of aryl methyl sites for hydroxylation is 1. The van der Waals surface area contributed by atoms with Gasteiger partial charge in [-0.05, 0) is 38.0 Å². The molecule has 0 saturated carbocycles. The smallest absolute Gasteiger partial charge is 0.233 e. The second kappa shape index (κ2) is 9.27. The summed E-state index contributed by atoms with van der Waals surface area (Å²) < 4.78 is 7.08. The molecule has 0 aliphatic carbocycles. The van der Waals surface area contributed by atoms with Crippen molar-refractivity contribution in [3.05, 3.63) is 48.3 Å². The predicted molar refractivity (Wildman–Crippen MR) is 100.0 cm³/mol. The second-order valence-electron chi connectivity index (χ2n) is 5.58. The van der Waals surface area contributed by atoms with Gasteiger partial charge in [0.1, 0.15) is 11.6 Å². The number of nitrogens with zero attached hydrogens (tertiary/aromatic N) is 3. The van der Waals surface area contributed by atoms with Gasteiger partial charge in [-0.25, -0.2) is 0 Å². The van der Waals surface area contributed by atoms with Crippen molar-refractivity contribution in [2.75, 3.05) is 13.7 Å². The highest BCUT2D eigenvalue weighted by Crippen LogP contribution is 2.22. The van der Waals surface area contributed by atoms with Crippen molar-refractivity contribution in [2.45, 2.75) is 37.2 Å². The van der Waals surface area contributed by atoms with Gasteiger partial charge in [0.15, 0.2) is 5.16 Å². The third kappa shape index (κ3) is 5.35. The van der Waals surface area contributed by atoms with Gasteiger partial charge in [-0.3, -0.25) is 4.79 Å². The van der Waals surface area contributed by atoms with Crippen LogP contribution in [0, 0.1) is 6.92 Å². The number of aromatic nitrogens is 3. The first-order chi connectivity index (χ1) is 12.0. The largest absolute Gasteiger partial charge is 0.497 e. The van der Waals surface area contributed by atoms with Crippen LogP contribution in [0.25, 0.3) is 0 Å². The maximum Gasteiger partial charge on any atom is 0.233 e. The number of benzene rings is 1. The van der Waals surface area contributed by atoms with Crippen molar-refractivity contribution in [3.8, 4) is 5.75 Å². The van der Waals surface area contributed by atoms with Crippen molar-refractivity contribution in [2.24, 2.45) is 0 Å². The average Bonchev–Trinajstić information content (AvgIpc) is 2.96. The Morgan fingerprint density at radius 2 is 2.12 bits per heavy atom. The highest BCUT2D eigenvalue weighted by Gasteiger charge is 2.18. The predicted octanol–water partition coefficient (Wildman–Crippen LogP) is 2.62. The minimum absolute atomic E-state index is 0.00989. The van der Waals surface area contributed by atoms with E-state index in [1.54, 1.807) is 13.2 Å². The van der Waals surface area contributed by atoms with Crippen LogP contribution < -0.4 is 10.1 Å². The van der Waals surface area contributed by atoms with Gasteiger partial charge in [0.05, 0.1) is 12.4 Å². The summed E-state index contributed by atoms with van der Waals surface area (Å²) in [5.41, 5.74) is 1.16. The molecule has 1 unspecified atom stereocenters. The number of hydrogen-bond donors (Lipinski definition) is 1. The monoisotopic (exact) mass is 360 g/mol. The first-order valence-electron chi connectivity index (χ1n) is 8.13. The number of rotatable bonds is 9.